The molecule has 0 heterocycles. The molecule has 1 aliphatic rings. The molecule has 190 valence electrons. The highest BCUT2D eigenvalue weighted by molar-refractivity contribution is 5.69. The van der Waals surface area contributed by atoms with Crippen molar-refractivity contribution in [1.82, 2.24) is 0 Å². The summed E-state index contributed by atoms with van der Waals surface area (Å²) in [6, 6.07) is 15.9. The van der Waals surface area contributed by atoms with Gasteiger partial charge in [-0.3, -0.25) is 4.79 Å². The van der Waals surface area contributed by atoms with E-state index in [9.17, 15) is 18.0 Å². The third kappa shape index (κ3) is 7.36. The van der Waals surface area contributed by atoms with Gasteiger partial charge in [0.2, 0.25) is 0 Å². The Hall–Kier alpha value is -2.76. The number of hydrogen-bond acceptors (Lipinski definition) is 3. The lowest BCUT2D eigenvalue weighted by molar-refractivity contribution is -0.144. The van der Waals surface area contributed by atoms with Gasteiger partial charge in [0.25, 0.3) is 0 Å². The Morgan fingerprint density at radius 3 is 2.43 bits per heavy atom. The first-order valence-electron chi connectivity index (χ1n) is 12.5. The summed E-state index contributed by atoms with van der Waals surface area (Å²) >= 11 is 0. The summed E-state index contributed by atoms with van der Waals surface area (Å²) in [7, 11) is 0. The third-order valence-corrected chi connectivity index (χ3v) is 7.07. The molecule has 0 N–H and O–H groups in total. The summed E-state index contributed by atoms with van der Waals surface area (Å²) in [6.45, 7) is 9.01. The number of allylic oxidation sites excluding steroid dienone is 1. The van der Waals surface area contributed by atoms with E-state index in [1.165, 1.54) is 12.1 Å². The van der Waals surface area contributed by atoms with Crippen LogP contribution in [0.2, 0.25) is 0 Å². The molecule has 0 radical (unpaired) electrons. The molecule has 35 heavy (non-hydrogen) atoms. The Bertz CT molecular complexity index is 943. The first-order valence-corrected chi connectivity index (χ1v) is 12.5. The van der Waals surface area contributed by atoms with E-state index in [4.69, 9.17) is 4.74 Å². The van der Waals surface area contributed by atoms with Crippen LogP contribution in [-0.2, 0) is 15.7 Å². The predicted molar refractivity (Wildman–Crippen MR) is 134 cm³/mol. The van der Waals surface area contributed by atoms with Crippen LogP contribution in [0.3, 0.4) is 0 Å². The van der Waals surface area contributed by atoms with Crippen molar-refractivity contribution >= 4 is 11.7 Å². The van der Waals surface area contributed by atoms with E-state index in [-0.39, 0.29) is 23.8 Å². The van der Waals surface area contributed by atoms with Gasteiger partial charge in [0.15, 0.2) is 0 Å². The maximum absolute atomic E-state index is 13.2. The van der Waals surface area contributed by atoms with Crippen LogP contribution >= 0.6 is 0 Å². The van der Waals surface area contributed by atoms with E-state index >= 15 is 0 Å². The normalized spacial score (nSPS) is 21.2. The Kier molecular flexibility index (Phi) is 9.41. The standard InChI is InChI=1S/C29H36F3NO2/c1-4-21(3)17-18-33(25-9-7-6-8-10-25)27-16-11-22(20-28(34)35-5-2)19-26(27)23-12-14-24(15-13-23)29(30,31)32/h4,6-10,12-15,21-22,26-27H,1,5,11,16-20H2,2-3H3/t21?,22-,26-,27+/m0/s1. The molecule has 0 bridgehead atoms. The second-order valence-electron chi connectivity index (χ2n) is 9.51. The number of hydrogen-bond donors (Lipinski definition) is 0. The molecule has 3 nitrogen and oxygen atoms in total. The monoisotopic (exact) mass is 487 g/mol. The molecule has 0 spiro atoms. The molecule has 0 saturated heterocycles. The average molecular weight is 488 g/mol. The van der Waals surface area contributed by atoms with E-state index in [0.717, 1.165) is 43.5 Å². The molecule has 2 aromatic rings. The van der Waals surface area contributed by atoms with Crippen molar-refractivity contribution < 1.29 is 22.7 Å². The van der Waals surface area contributed by atoms with Crippen LogP contribution in [0.15, 0.2) is 67.3 Å². The zero-order chi connectivity index (χ0) is 25.4. The number of nitrogens with zero attached hydrogens (tertiary/aromatic N) is 1. The van der Waals surface area contributed by atoms with Crippen molar-refractivity contribution in [1.29, 1.82) is 0 Å². The third-order valence-electron chi connectivity index (χ3n) is 7.07. The van der Waals surface area contributed by atoms with Crippen LogP contribution in [0.4, 0.5) is 18.9 Å². The van der Waals surface area contributed by atoms with Crippen LogP contribution in [0.5, 0.6) is 0 Å². The topological polar surface area (TPSA) is 29.5 Å². The molecule has 1 unspecified atom stereocenters. The maximum atomic E-state index is 13.2. The summed E-state index contributed by atoms with van der Waals surface area (Å²) in [4.78, 5) is 14.6. The average Bonchev–Trinajstić information content (AvgIpc) is 2.85. The van der Waals surface area contributed by atoms with Gasteiger partial charge in [-0.05, 0) is 74.3 Å². The van der Waals surface area contributed by atoms with Gasteiger partial charge in [0.05, 0.1) is 12.2 Å². The lowest BCUT2D eigenvalue weighted by Crippen LogP contribution is -2.44. The fraction of sp³-hybridized carbons (Fsp3) is 0.483. The summed E-state index contributed by atoms with van der Waals surface area (Å²) in [5.74, 6) is 0.291. The number of benzene rings is 2. The first-order chi connectivity index (χ1) is 16.7. The zero-order valence-electron chi connectivity index (χ0n) is 20.6. The van der Waals surface area contributed by atoms with Crippen molar-refractivity contribution in [3.63, 3.8) is 0 Å². The van der Waals surface area contributed by atoms with Gasteiger partial charge in [-0.25, -0.2) is 0 Å². The van der Waals surface area contributed by atoms with Gasteiger partial charge in [-0.15, -0.1) is 6.58 Å². The molecular weight excluding hydrogens is 451 g/mol. The maximum Gasteiger partial charge on any atom is 0.416 e. The Labute approximate surface area is 207 Å². The smallest absolute Gasteiger partial charge is 0.416 e. The van der Waals surface area contributed by atoms with Gasteiger partial charge in [0, 0.05) is 30.6 Å². The van der Waals surface area contributed by atoms with Crippen LogP contribution in [0.1, 0.15) is 63.0 Å². The van der Waals surface area contributed by atoms with E-state index in [1.54, 1.807) is 19.1 Å². The van der Waals surface area contributed by atoms with Gasteiger partial charge in [-0.2, -0.15) is 13.2 Å². The lowest BCUT2D eigenvalue weighted by atomic mass is 9.72. The van der Waals surface area contributed by atoms with Crippen molar-refractivity contribution in [2.24, 2.45) is 11.8 Å². The molecule has 1 aliphatic carbocycles. The second-order valence-corrected chi connectivity index (χ2v) is 9.51. The SMILES string of the molecule is C=CC(C)CCN(c1ccccc1)[C@@H]1CC[C@H](CC(=O)OCC)C[C@H]1c1ccc(C(F)(F)F)cc1. The quantitative estimate of drug-likeness (QED) is 0.255. The van der Waals surface area contributed by atoms with Gasteiger partial charge in [-0.1, -0.05) is 43.3 Å². The van der Waals surface area contributed by atoms with Crippen molar-refractivity contribution in [2.45, 2.75) is 64.1 Å². The minimum absolute atomic E-state index is 0.00436. The van der Waals surface area contributed by atoms with E-state index in [2.05, 4.69) is 30.5 Å². The minimum atomic E-state index is -4.37. The number of esters is 1. The second kappa shape index (κ2) is 12.3. The van der Waals surface area contributed by atoms with Gasteiger partial charge >= 0.3 is 12.1 Å². The number of ether oxygens (including phenoxy) is 1. The largest absolute Gasteiger partial charge is 0.466 e. The van der Waals surface area contributed by atoms with Crippen molar-refractivity contribution in [3.8, 4) is 0 Å². The molecule has 1 saturated carbocycles. The van der Waals surface area contributed by atoms with Crippen molar-refractivity contribution in [3.05, 3.63) is 78.4 Å². The Morgan fingerprint density at radius 1 is 1.14 bits per heavy atom. The fourth-order valence-electron chi connectivity index (χ4n) is 5.10. The number of rotatable bonds is 10. The Balaban J connectivity index is 1.93. The summed E-state index contributed by atoms with van der Waals surface area (Å²) in [5, 5.41) is 0. The molecule has 1 fully saturated rings. The van der Waals surface area contributed by atoms with Crippen LogP contribution < -0.4 is 4.90 Å². The number of para-hydroxylation sites is 1. The van der Waals surface area contributed by atoms with Crippen LogP contribution in [0.25, 0.3) is 0 Å². The highest BCUT2D eigenvalue weighted by Gasteiger charge is 2.37. The summed E-state index contributed by atoms with van der Waals surface area (Å²) < 4.78 is 44.8. The molecular formula is C29H36F3NO2. The zero-order valence-corrected chi connectivity index (χ0v) is 20.6. The fourth-order valence-corrected chi connectivity index (χ4v) is 5.10. The Morgan fingerprint density at radius 2 is 1.83 bits per heavy atom. The first kappa shape index (κ1) is 26.8. The number of carbonyl (C=O) groups excluding carboxylic acids is 1. The highest BCUT2D eigenvalue weighted by Crippen LogP contribution is 2.43. The van der Waals surface area contributed by atoms with Gasteiger partial charge < -0.3 is 9.64 Å². The molecule has 2 aromatic carbocycles. The molecule has 3 rings (SSSR count). The number of anilines is 1. The summed E-state index contributed by atoms with van der Waals surface area (Å²) in [6.07, 6.45) is 1.32. The number of alkyl halides is 3. The highest BCUT2D eigenvalue weighted by atomic mass is 19.4. The molecule has 4 atom stereocenters. The summed E-state index contributed by atoms with van der Waals surface area (Å²) in [5.41, 5.74) is 1.35. The number of halogens is 3. The lowest BCUT2D eigenvalue weighted by Gasteiger charge is -2.44. The van der Waals surface area contributed by atoms with Crippen molar-refractivity contribution in [2.75, 3.05) is 18.1 Å². The van der Waals surface area contributed by atoms with E-state index < -0.39 is 11.7 Å². The predicted octanol–water partition coefficient (Wildman–Crippen LogP) is 7.63. The van der Waals surface area contributed by atoms with Crippen LogP contribution in [-0.4, -0.2) is 25.2 Å². The van der Waals surface area contributed by atoms with Crippen LogP contribution in [0, 0.1) is 11.8 Å². The molecule has 6 heteroatoms. The molecule has 0 amide bonds. The molecule has 0 aromatic heterocycles. The number of carbonyl (C=O) groups is 1. The molecule has 0 aliphatic heterocycles. The van der Waals surface area contributed by atoms with E-state index in [1.807, 2.05) is 24.3 Å². The van der Waals surface area contributed by atoms with Gasteiger partial charge in [0.1, 0.15) is 0 Å². The van der Waals surface area contributed by atoms with E-state index in [0.29, 0.717) is 18.9 Å². The minimum Gasteiger partial charge on any atom is -0.466 e.